The first-order valence-corrected chi connectivity index (χ1v) is 5.44. The number of carbonyl (C=O) groups excluding carboxylic acids is 2. The molecule has 5 nitrogen and oxygen atoms in total. The quantitative estimate of drug-likeness (QED) is 0.826. The number of carbonyl (C=O) groups is 2. The van der Waals surface area contributed by atoms with Crippen LogP contribution in [0.2, 0.25) is 0 Å². The first-order chi connectivity index (χ1) is 8.56. The molecular formula is C12H12FNO4. The number of rotatable bonds is 4. The van der Waals surface area contributed by atoms with Gasteiger partial charge in [0.25, 0.3) is 0 Å². The van der Waals surface area contributed by atoms with Gasteiger partial charge in [0.05, 0.1) is 6.54 Å². The molecule has 1 saturated heterocycles. The highest BCUT2D eigenvalue weighted by atomic mass is 19.1. The summed E-state index contributed by atoms with van der Waals surface area (Å²) in [4.78, 5) is 21.8. The predicted molar refractivity (Wildman–Crippen MR) is 60.2 cm³/mol. The van der Waals surface area contributed by atoms with Gasteiger partial charge in [-0.05, 0) is 25.1 Å². The number of nitrogens with one attached hydrogen (secondary N) is 1. The summed E-state index contributed by atoms with van der Waals surface area (Å²) in [6.07, 6.45) is -0.930. The molecule has 1 N–H and O–H groups in total. The van der Waals surface area contributed by atoms with Gasteiger partial charge in [-0.2, -0.15) is 0 Å². The summed E-state index contributed by atoms with van der Waals surface area (Å²) in [5.74, 6) is -0.794. The average molecular weight is 253 g/mol. The number of hydrogen-bond donors (Lipinski definition) is 1. The number of hydrogen-bond acceptors (Lipinski definition) is 4. The highest BCUT2D eigenvalue weighted by Gasteiger charge is 2.23. The average Bonchev–Trinajstić information content (AvgIpc) is 2.73. The van der Waals surface area contributed by atoms with Crippen LogP contribution in [0, 0.1) is 5.82 Å². The Labute approximate surface area is 103 Å². The third-order valence-electron chi connectivity index (χ3n) is 2.51. The first kappa shape index (κ1) is 12.3. The van der Waals surface area contributed by atoms with E-state index in [1.165, 1.54) is 19.1 Å². The Bertz CT molecular complexity index is 489. The summed E-state index contributed by atoms with van der Waals surface area (Å²) >= 11 is 0. The van der Waals surface area contributed by atoms with Crippen LogP contribution in [0.5, 0.6) is 5.75 Å². The number of ketones is 1. The van der Waals surface area contributed by atoms with Crippen molar-refractivity contribution in [2.45, 2.75) is 13.0 Å². The zero-order chi connectivity index (χ0) is 13.1. The molecule has 1 aliphatic rings. The molecule has 0 aromatic heterocycles. The van der Waals surface area contributed by atoms with E-state index in [1.807, 2.05) is 0 Å². The van der Waals surface area contributed by atoms with Crippen molar-refractivity contribution in [3.8, 4) is 5.75 Å². The minimum absolute atomic E-state index is 0.0305. The van der Waals surface area contributed by atoms with Gasteiger partial charge in [0.1, 0.15) is 6.61 Å². The molecule has 2 rings (SSSR count). The number of alkyl carbamates (subject to hydrolysis) is 1. The lowest BCUT2D eigenvalue weighted by molar-refractivity contribution is 0.100. The van der Waals surface area contributed by atoms with E-state index in [-0.39, 0.29) is 23.7 Å². The first-order valence-electron chi connectivity index (χ1n) is 5.44. The Hall–Kier alpha value is -2.11. The monoisotopic (exact) mass is 253 g/mol. The second-order valence-electron chi connectivity index (χ2n) is 3.92. The molecule has 0 saturated carbocycles. The van der Waals surface area contributed by atoms with Crippen molar-refractivity contribution in [1.29, 1.82) is 0 Å². The molecule has 0 spiro atoms. The van der Waals surface area contributed by atoms with E-state index in [4.69, 9.17) is 9.47 Å². The van der Waals surface area contributed by atoms with Crippen LogP contribution in [0.4, 0.5) is 9.18 Å². The molecule has 0 radical (unpaired) electrons. The standard InChI is InChI=1S/C12H12FNO4/c1-7(15)8-2-3-11(10(13)4-8)17-6-9-5-14-12(16)18-9/h2-4,9H,5-6H2,1H3,(H,14,16). The van der Waals surface area contributed by atoms with Crippen LogP contribution in [0.1, 0.15) is 17.3 Å². The van der Waals surface area contributed by atoms with Crippen LogP contribution in [0.15, 0.2) is 18.2 Å². The number of halogens is 1. The van der Waals surface area contributed by atoms with Crippen molar-refractivity contribution in [2.24, 2.45) is 0 Å². The lowest BCUT2D eigenvalue weighted by Crippen LogP contribution is -2.22. The number of ether oxygens (including phenoxy) is 2. The van der Waals surface area contributed by atoms with Gasteiger partial charge in [0, 0.05) is 5.56 Å². The third-order valence-corrected chi connectivity index (χ3v) is 2.51. The molecular weight excluding hydrogens is 241 g/mol. The van der Waals surface area contributed by atoms with E-state index in [9.17, 15) is 14.0 Å². The molecule has 1 atom stereocenters. The Morgan fingerprint density at radius 3 is 2.94 bits per heavy atom. The zero-order valence-corrected chi connectivity index (χ0v) is 9.73. The lowest BCUT2D eigenvalue weighted by atomic mass is 10.1. The summed E-state index contributed by atoms with van der Waals surface area (Å²) in [6.45, 7) is 1.76. The number of cyclic esters (lactones) is 1. The molecule has 96 valence electrons. The largest absolute Gasteiger partial charge is 0.487 e. The van der Waals surface area contributed by atoms with Crippen molar-refractivity contribution < 1.29 is 23.5 Å². The summed E-state index contributed by atoms with van der Waals surface area (Å²) in [5, 5.41) is 2.46. The molecule has 6 heteroatoms. The van der Waals surface area contributed by atoms with Crippen LogP contribution in [0.25, 0.3) is 0 Å². The van der Waals surface area contributed by atoms with Crippen LogP contribution < -0.4 is 10.1 Å². The second-order valence-corrected chi connectivity index (χ2v) is 3.92. The highest BCUT2D eigenvalue weighted by molar-refractivity contribution is 5.94. The fourth-order valence-electron chi connectivity index (χ4n) is 1.54. The van der Waals surface area contributed by atoms with E-state index in [2.05, 4.69) is 5.32 Å². The van der Waals surface area contributed by atoms with E-state index in [0.717, 1.165) is 6.07 Å². The van der Waals surface area contributed by atoms with E-state index in [1.54, 1.807) is 0 Å². The highest BCUT2D eigenvalue weighted by Crippen LogP contribution is 2.19. The van der Waals surface area contributed by atoms with Crippen molar-refractivity contribution >= 4 is 11.9 Å². The van der Waals surface area contributed by atoms with E-state index in [0.29, 0.717) is 6.54 Å². The molecule has 1 aliphatic heterocycles. The van der Waals surface area contributed by atoms with Gasteiger partial charge in [-0.3, -0.25) is 4.79 Å². The smallest absolute Gasteiger partial charge is 0.407 e. The maximum Gasteiger partial charge on any atom is 0.407 e. The van der Waals surface area contributed by atoms with Crippen LogP contribution >= 0.6 is 0 Å². The van der Waals surface area contributed by atoms with Crippen LogP contribution in [-0.4, -0.2) is 31.1 Å². The molecule has 0 bridgehead atoms. The van der Waals surface area contributed by atoms with Crippen LogP contribution in [0.3, 0.4) is 0 Å². The molecule has 1 aromatic carbocycles. The third kappa shape index (κ3) is 2.77. The Morgan fingerprint density at radius 1 is 1.61 bits per heavy atom. The Morgan fingerprint density at radius 2 is 2.39 bits per heavy atom. The van der Waals surface area contributed by atoms with E-state index < -0.39 is 18.0 Å². The topological polar surface area (TPSA) is 64.6 Å². The molecule has 0 aliphatic carbocycles. The zero-order valence-electron chi connectivity index (χ0n) is 9.73. The SMILES string of the molecule is CC(=O)c1ccc(OCC2CNC(=O)O2)c(F)c1. The lowest BCUT2D eigenvalue weighted by Gasteiger charge is -2.11. The summed E-state index contributed by atoms with van der Waals surface area (Å²) in [6, 6.07) is 3.99. The van der Waals surface area contributed by atoms with Crippen LogP contribution in [-0.2, 0) is 4.74 Å². The second kappa shape index (κ2) is 5.03. The van der Waals surface area contributed by atoms with Crippen molar-refractivity contribution in [1.82, 2.24) is 5.32 Å². The molecule has 18 heavy (non-hydrogen) atoms. The Kier molecular flexibility index (Phi) is 3.45. The van der Waals surface area contributed by atoms with Gasteiger partial charge < -0.3 is 14.8 Å². The van der Waals surface area contributed by atoms with E-state index >= 15 is 0 Å². The minimum Gasteiger partial charge on any atom is -0.487 e. The van der Waals surface area contributed by atoms with Gasteiger partial charge in [0.2, 0.25) is 0 Å². The predicted octanol–water partition coefficient (Wildman–Crippen LogP) is 1.52. The van der Waals surface area contributed by atoms with Gasteiger partial charge in [-0.25, -0.2) is 9.18 Å². The number of Topliss-reactive ketones (excluding diaryl/α,β-unsaturated/α-hetero) is 1. The molecule has 1 amide bonds. The van der Waals surface area contributed by atoms with Gasteiger partial charge in [-0.1, -0.05) is 0 Å². The van der Waals surface area contributed by atoms with Gasteiger partial charge >= 0.3 is 6.09 Å². The number of amides is 1. The van der Waals surface area contributed by atoms with Crippen molar-refractivity contribution in [2.75, 3.05) is 13.2 Å². The minimum atomic E-state index is -0.611. The van der Waals surface area contributed by atoms with Gasteiger partial charge in [-0.15, -0.1) is 0 Å². The molecule has 1 aromatic rings. The van der Waals surface area contributed by atoms with Gasteiger partial charge in [0.15, 0.2) is 23.5 Å². The number of benzene rings is 1. The van der Waals surface area contributed by atoms with Crippen molar-refractivity contribution in [3.63, 3.8) is 0 Å². The normalized spacial score (nSPS) is 18.1. The molecule has 1 fully saturated rings. The fraction of sp³-hybridized carbons (Fsp3) is 0.333. The van der Waals surface area contributed by atoms with Crippen molar-refractivity contribution in [3.05, 3.63) is 29.6 Å². The Balaban J connectivity index is 1.97. The fourth-order valence-corrected chi connectivity index (χ4v) is 1.54. The molecule has 1 heterocycles. The summed E-state index contributed by atoms with van der Waals surface area (Å²) < 4.78 is 23.6. The maximum atomic E-state index is 13.6. The maximum absolute atomic E-state index is 13.6. The summed E-state index contributed by atoms with van der Waals surface area (Å²) in [7, 11) is 0. The molecule has 1 unspecified atom stereocenters. The summed E-state index contributed by atoms with van der Waals surface area (Å²) in [5.41, 5.74) is 0.286.